The van der Waals surface area contributed by atoms with Crippen LogP contribution in [0.1, 0.15) is 37.3 Å². The predicted molar refractivity (Wildman–Crippen MR) is 109 cm³/mol. The van der Waals surface area contributed by atoms with E-state index in [1.807, 2.05) is 6.92 Å². The fourth-order valence-corrected chi connectivity index (χ4v) is 4.79. The molecule has 0 aromatic heterocycles. The van der Waals surface area contributed by atoms with Crippen molar-refractivity contribution in [3.63, 3.8) is 0 Å². The van der Waals surface area contributed by atoms with Crippen molar-refractivity contribution in [2.45, 2.75) is 48.4 Å². The lowest BCUT2D eigenvalue weighted by Gasteiger charge is -2.28. The molecule has 2 aromatic rings. The van der Waals surface area contributed by atoms with Crippen LogP contribution < -0.4 is 5.73 Å². The molecule has 0 aliphatic rings. The van der Waals surface area contributed by atoms with Gasteiger partial charge in [-0.1, -0.05) is 55.7 Å². The number of hydrogen-bond donors (Lipinski definition) is 2. The van der Waals surface area contributed by atoms with Crippen LogP contribution in [0.5, 0.6) is 0 Å². The Labute approximate surface area is 166 Å². The maximum atomic E-state index is 12.6. The summed E-state index contributed by atoms with van der Waals surface area (Å²) in [4.78, 5) is -0.207. The first-order chi connectivity index (χ1) is 13.0. The van der Waals surface area contributed by atoms with Gasteiger partial charge in [-0.2, -0.15) is 8.42 Å². The van der Waals surface area contributed by atoms with Gasteiger partial charge in [-0.15, -0.1) is 0 Å². The quantitative estimate of drug-likeness (QED) is 0.627. The van der Waals surface area contributed by atoms with Crippen LogP contribution >= 0.6 is 0 Å². The molecule has 0 bridgehead atoms. The summed E-state index contributed by atoms with van der Waals surface area (Å²) in [5, 5.41) is 1.01. The standard InChI is InChI=1S/C20H25NO5S2/c1-3-4-12-20(21,13-14-27(22,23)17-8-6-5-7-9-17)18-15-16(2)10-11-19(18)28(24,25)26/h5-11,13-15H,3-4,12,21H2,1-2H3,(H,24,25,26). The van der Waals surface area contributed by atoms with E-state index >= 15 is 0 Å². The minimum atomic E-state index is -4.53. The van der Waals surface area contributed by atoms with Crippen LogP contribution in [0.2, 0.25) is 0 Å². The van der Waals surface area contributed by atoms with Gasteiger partial charge in [0.05, 0.1) is 15.3 Å². The lowest BCUT2D eigenvalue weighted by molar-refractivity contribution is 0.458. The zero-order chi connectivity index (χ0) is 21.0. The molecule has 0 saturated carbocycles. The van der Waals surface area contributed by atoms with Crippen molar-refractivity contribution in [1.29, 1.82) is 0 Å². The van der Waals surface area contributed by atoms with E-state index in [4.69, 9.17) is 5.73 Å². The summed E-state index contributed by atoms with van der Waals surface area (Å²) in [5.74, 6) is 0. The number of sulfone groups is 1. The third-order valence-corrected chi connectivity index (χ3v) is 6.81. The molecule has 28 heavy (non-hydrogen) atoms. The van der Waals surface area contributed by atoms with E-state index in [0.29, 0.717) is 12.8 Å². The van der Waals surface area contributed by atoms with Crippen molar-refractivity contribution >= 4 is 20.0 Å². The van der Waals surface area contributed by atoms with Crippen LogP contribution in [0.4, 0.5) is 0 Å². The van der Waals surface area contributed by atoms with Crippen LogP contribution in [0.3, 0.4) is 0 Å². The van der Waals surface area contributed by atoms with E-state index < -0.39 is 25.5 Å². The zero-order valence-electron chi connectivity index (χ0n) is 15.9. The van der Waals surface area contributed by atoms with Crippen LogP contribution in [-0.4, -0.2) is 21.4 Å². The molecule has 2 aromatic carbocycles. The van der Waals surface area contributed by atoms with Crippen LogP contribution in [0, 0.1) is 6.92 Å². The highest BCUT2D eigenvalue weighted by atomic mass is 32.2. The summed E-state index contributed by atoms with van der Waals surface area (Å²) in [6.45, 7) is 3.72. The van der Waals surface area contributed by atoms with E-state index in [9.17, 15) is 21.4 Å². The molecule has 2 rings (SSSR count). The fraction of sp³-hybridized carbons (Fsp3) is 0.300. The monoisotopic (exact) mass is 423 g/mol. The van der Waals surface area contributed by atoms with Gasteiger partial charge in [0.25, 0.3) is 10.1 Å². The van der Waals surface area contributed by atoms with Gasteiger partial charge in [0.2, 0.25) is 0 Å². The summed E-state index contributed by atoms with van der Waals surface area (Å²) in [6.07, 6.45) is 3.06. The van der Waals surface area contributed by atoms with E-state index in [1.165, 1.54) is 24.3 Å². The normalized spacial score (nSPS) is 14.9. The molecule has 0 fully saturated rings. The summed E-state index contributed by atoms with van der Waals surface area (Å²) >= 11 is 0. The minimum absolute atomic E-state index is 0.114. The van der Waals surface area contributed by atoms with Gasteiger partial charge in [0.1, 0.15) is 0 Å². The molecular weight excluding hydrogens is 398 g/mol. The van der Waals surface area contributed by atoms with E-state index in [2.05, 4.69) is 0 Å². The number of benzene rings is 2. The molecule has 8 heteroatoms. The Balaban J connectivity index is 2.62. The Bertz CT molecular complexity index is 1060. The first-order valence-electron chi connectivity index (χ1n) is 8.86. The van der Waals surface area contributed by atoms with E-state index in [1.54, 1.807) is 37.3 Å². The summed E-state index contributed by atoms with van der Waals surface area (Å²) in [5.41, 5.74) is 6.06. The molecule has 0 aliphatic carbocycles. The zero-order valence-corrected chi connectivity index (χ0v) is 17.5. The van der Waals surface area contributed by atoms with E-state index in [0.717, 1.165) is 17.4 Å². The van der Waals surface area contributed by atoms with Gasteiger partial charge in [-0.3, -0.25) is 4.55 Å². The third-order valence-electron chi connectivity index (χ3n) is 4.47. The maximum absolute atomic E-state index is 12.6. The topological polar surface area (TPSA) is 115 Å². The highest BCUT2D eigenvalue weighted by Gasteiger charge is 2.31. The molecule has 3 N–H and O–H groups in total. The van der Waals surface area contributed by atoms with Crippen LogP contribution in [0.15, 0.2) is 69.8 Å². The Morgan fingerprint density at radius 2 is 1.71 bits per heavy atom. The van der Waals surface area contributed by atoms with Crippen molar-refractivity contribution in [2.24, 2.45) is 5.73 Å². The first-order valence-corrected chi connectivity index (χ1v) is 11.8. The summed E-state index contributed by atoms with van der Waals surface area (Å²) < 4.78 is 58.6. The highest BCUT2D eigenvalue weighted by Crippen LogP contribution is 2.33. The Kier molecular flexibility index (Phi) is 6.82. The van der Waals surface area contributed by atoms with Gasteiger partial charge in [0, 0.05) is 5.41 Å². The summed E-state index contributed by atoms with van der Waals surface area (Å²) in [7, 11) is -8.29. The maximum Gasteiger partial charge on any atom is 0.294 e. The van der Waals surface area contributed by atoms with Crippen molar-refractivity contribution in [3.05, 3.63) is 71.1 Å². The Hall–Kier alpha value is -2.00. The SMILES string of the molecule is CCCCC(N)(C=CS(=O)(=O)c1ccccc1)c1cc(C)ccc1S(=O)(=O)O. The fourth-order valence-electron chi connectivity index (χ4n) is 2.91. The third kappa shape index (κ3) is 5.29. The van der Waals surface area contributed by atoms with E-state index in [-0.39, 0.29) is 15.4 Å². The summed E-state index contributed by atoms with van der Waals surface area (Å²) in [6, 6.07) is 12.3. The van der Waals surface area contributed by atoms with Crippen LogP contribution in [-0.2, 0) is 25.5 Å². The molecule has 0 spiro atoms. The Morgan fingerprint density at radius 1 is 1.07 bits per heavy atom. The molecular formula is C20H25NO5S2. The Morgan fingerprint density at radius 3 is 2.29 bits per heavy atom. The number of hydrogen-bond acceptors (Lipinski definition) is 5. The van der Waals surface area contributed by atoms with Crippen molar-refractivity contribution in [2.75, 3.05) is 0 Å². The van der Waals surface area contributed by atoms with Gasteiger partial charge in [0.15, 0.2) is 9.84 Å². The molecule has 1 atom stereocenters. The number of nitrogens with two attached hydrogens (primary N) is 1. The average Bonchev–Trinajstić information content (AvgIpc) is 2.64. The lowest BCUT2D eigenvalue weighted by Crippen LogP contribution is -2.36. The molecule has 0 amide bonds. The van der Waals surface area contributed by atoms with Crippen molar-refractivity contribution < 1.29 is 21.4 Å². The second-order valence-electron chi connectivity index (χ2n) is 6.78. The average molecular weight is 424 g/mol. The first kappa shape index (κ1) is 22.3. The van der Waals surface area contributed by atoms with Crippen molar-refractivity contribution in [1.82, 2.24) is 0 Å². The largest absolute Gasteiger partial charge is 0.318 e. The van der Waals surface area contributed by atoms with Crippen LogP contribution in [0.25, 0.3) is 0 Å². The smallest absolute Gasteiger partial charge is 0.294 e. The molecule has 0 aliphatic heterocycles. The lowest BCUT2D eigenvalue weighted by atomic mass is 9.85. The molecule has 6 nitrogen and oxygen atoms in total. The van der Waals surface area contributed by atoms with Crippen molar-refractivity contribution in [3.8, 4) is 0 Å². The van der Waals surface area contributed by atoms with Gasteiger partial charge in [-0.05, 0) is 43.2 Å². The number of rotatable bonds is 8. The molecule has 1 unspecified atom stereocenters. The molecule has 152 valence electrons. The molecule has 0 heterocycles. The van der Waals surface area contributed by atoms with Gasteiger partial charge < -0.3 is 5.73 Å². The number of aryl methyl sites for hydroxylation is 1. The highest BCUT2D eigenvalue weighted by molar-refractivity contribution is 7.94. The van der Waals surface area contributed by atoms with Gasteiger partial charge in [-0.25, -0.2) is 8.42 Å². The molecule has 0 radical (unpaired) electrons. The minimum Gasteiger partial charge on any atom is -0.318 e. The predicted octanol–water partition coefficient (Wildman–Crippen LogP) is 3.57. The number of unbranched alkanes of at least 4 members (excludes halogenated alkanes) is 1. The second kappa shape index (κ2) is 8.57. The van der Waals surface area contributed by atoms with Gasteiger partial charge >= 0.3 is 0 Å². The molecule has 0 saturated heterocycles. The second-order valence-corrected chi connectivity index (χ2v) is 10.0.